The first-order valence-corrected chi connectivity index (χ1v) is 7.48. The maximum Gasteiger partial charge on any atom is 0.331 e. The highest BCUT2D eigenvalue weighted by atomic mass is 32.1. The number of ether oxygens (including phenoxy) is 1. The molecule has 3 rings (SSSR count). The number of nitrogens with one attached hydrogen (secondary N) is 1. The summed E-state index contributed by atoms with van der Waals surface area (Å²) >= 11 is 1.55. The predicted octanol–water partition coefficient (Wildman–Crippen LogP) is 1.23. The fourth-order valence-corrected chi connectivity index (χ4v) is 3.61. The second-order valence-electron chi connectivity index (χ2n) is 4.99. The molecule has 0 saturated carbocycles. The number of rotatable bonds is 2. The van der Waals surface area contributed by atoms with Crippen LogP contribution >= 0.6 is 11.3 Å². The monoisotopic (exact) mass is 296 g/mol. The van der Waals surface area contributed by atoms with Gasteiger partial charge in [-0.05, 0) is 29.9 Å². The molecule has 1 saturated heterocycles. The first kappa shape index (κ1) is 13.4. The Labute approximate surface area is 120 Å². The van der Waals surface area contributed by atoms with Crippen molar-refractivity contribution < 1.29 is 19.4 Å². The largest absolute Gasteiger partial charge is 0.479 e. The Morgan fingerprint density at radius 3 is 3.05 bits per heavy atom. The van der Waals surface area contributed by atoms with Gasteiger partial charge < -0.3 is 20.1 Å². The molecule has 2 atom stereocenters. The number of carbonyl (C=O) groups excluding carboxylic acids is 1. The number of amides is 2. The van der Waals surface area contributed by atoms with Crippen LogP contribution in [0.4, 0.5) is 4.79 Å². The molecule has 1 aromatic heterocycles. The molecular weight excluding hydrogens is 280 g/mol. The van der Waals surface area contributed by atoms with Crippen LogP contribution in [0, 0.1) is 0 Å². The molecule has 3 heterocycles. The van der Waals surface area contributed by atoms with E-state index in [9.17, 15) is 14.7 Å². The average Bonchev–Trinajstić information content (AvgIpc) is 3.06. The number of urea groups is 1. The van der Waals surface area contributed by atoms with Crippen molar-refractivity contribution in [3.05, 3.63) is 21.9 Å². The van der Waals surface area contributed by atoms with Gasteiger partial charge in [0.15, 0.2) is 6.04 Å². The molecule has 0 bridgehead atoms. The van der Waals surface area contributed by atoms with Gasteiger partial charge in [0.1, 0.15) is 0 Å². The fourth-order valence-electron chi connectivity index (χ4n) is 2.71. The summed E-state index contributed by atoms with van der Waals surface area (Å²) in [6.45, 7) is 1.58. The van der Waals surface area contributed by atoms with E-state index in [1.807, 2.05) is 5.38 Å². The summed E-state index contributed by atoms with van der Waals surface area (Å²) in [5.74, 6) is -0.984. The highest BCUT2D eigenvalue weighted by Gasteiger charge is 2.37. The number of carboxylic acid groups (broad SMARTS) is 1. The second-order valence-corrected chi connectivity index (χ2v) is 5.99. The third kappa shape index (κ3) is 2.38. The van der Waals surface area contributed by atoms with E-state index in [4.69, 9.17) is 4.74 Å². The SMILES string of the molecule is O=C(O)C1c2ccsc2CCN1C(=O)NC1CCOC1. The van der Waals surface area contributed by atoms with Crippen molar-refractivity contribution >= 4 is 23.3 Å². The van der Waals surface area contributed by atoms with Crippen LogP contribution in [0.2, 0.25) is 0 Å². The smallest absolute Gasteiger partial charge is 0.331 e. The number of aliphatic carboxylic acids is 1. The van der Waals surface area contributed by atoms with Crippen molar-refractivity contribution in [3.8, 4) is 0 Å². The van der Waals surface area contributed by atoms with Crippen LogP contribution in [0.15, 0.2) is 11.4 Å². The topological polar surface area (TPSA) is 78.9 Å². The lowest BCUT2D eigenvalue weighted by Gasteiger charge is -2.33. The Bertz CT molecular complexity index is 524. The van der Waals surface area contributed by atoms with Gasteiger partial charge in [0.05, 0.1) is 12.6 Å². The Balaban J connectivity index is 1.78. The number of carbonyl (C=O) groups is 2. The third-order valence-corrected chi connectivity index (χ3v) is 4.71. The molecule has 0 aliphatic carbocycles. The van der Waals surface area contributed by atoms with Gasteiger partial charge in [0, 0.05) is 18.0 Å². The van der Waals surface area contributed by atoms with Gasteiger partial charge in [0.25, 0.3) is 0 Å². The average molecular weight is 296 g/mol. The van der Waals surface area contributed by atoms with Gasteiger partial charge in [-0.15, -0.1) is 11.3 Å². The summed E-state index contributed by atoms with van der Waals surface area (Å²) in [4.78, 5) is 26.3. The Kier molecular flexibility index (Phi) is 3.62. The Morgan fingerprint density at radius 1 is 1.50 bits per heavy atom. The minimum absolute atomic E-state index is 0.0131. The third-order valence-electron chi connectivity index (χ3n) is 3.72. The number of fused-ring (bicyclic) bond motifs is 1. The normalized spacial score (nSPS) is 25.3. The number of hydrogen-bond acceptors (Lipinski definition) is 4. The number of thiophene rings is 1. The van der Waals surface area contributed by atoms with E-state index >= 15 is 0 Å². The molecule has 1 aromatic rings. The van der Waals surface area contributed by atoms with Crippen LogP contribution in [0.5, 0.6) is 0 Å². The molecule has 0 spiro atoms. The fraction of sp³-hybridized carbons (Fsp3) is 0.538. The first-order chi connectivity index (χ1) is 9.66. The minimum atomic E-state index is -0.984. The Hall–Kier alpha value is -1.60. The molecule has 1 fully saturated rings. The maximum atomic E-state index is 12.3. The molecular formula is C13H16N2O4S. The molecule has 2 aliphatic heterocycles. The minimum Gasteiger partial charge on any atom is -0.479 e. The Morgan fingerprint density at radius 2 is 2.35 bits per heavy atom. The molecule has 0 aromatic carbocycles. The van der Waals surface area contributed by atoms with E-state index in [2.05, 4.69) is 5.32 Å². The van der Waals surface area contributed by atoms with Crippen molar-refractivity contribution in [1.82, 2.24) is 10.2 Å². The van der Waals surface area contributed by atoms with Crippen LogP contribution < -0.4 is 5.32 Å². The maximum absolute atomic E-state index is 12.3. The zero-order valence-electron chi connectivity index (χ0n) is 10.9. The molecule has 20 heavy (non-hydrogen) atoms. The highest BCUT2D eigenvalue weighted by Crippen LogP contribution is 2.33. The van der Waals surface area contributed by atoms with Crippen molar-refractivity contribution in [1.29, 1.82) is 0 Å². The number of nitrogens with zero attached hydrogens (tertiary/aromatic N) is 1. The molecule has 7 heteroatoms. The predicted molar refractivity (Wildman–Crippen MR) is 72.9 cm³/mol. The van der Waals surface area contributed by atoms with Gasteiger partial charge in [-0.3, -0.25) is 0 Å². The van der Waals surface area contributed by atoms with E-state index in [0.29, 0.717) is 26.2 Å². The summed E-state index contributed by atoms with van der Waals surface area (Å²) in [6.07, 6.45) is 1.49. The molecule has 2 N–H and O–H groups in total. The van der Waals surface area contributed by atoms with Gasteiger partial charge in [-0.1, -0.05) is 0 Å². The van der Waals surface area contributed by atoms with E-state index < -0.39 is 12.0 Å². The van der Waals surface area contributed by atoms with Crippen LogP contribution in [0.3, 0.4) is 0 Å². The van der Waals surface area contributed by atoms with E-state index in [0.717, 1.165) is 16.9 Å². The van der Waals surface area contributed by atoms with E-state index in [-0.39, 0.29) is 12.1 Å². The zero-order chi connectivity index (χ0) is 14.1. The quantitative estimate of drug-likeness (QED) is 0.860. The second kappa shape index (κ2) is 5.41. The van der Waals surface area contributed by atoms with E-state index in [1.54, 1.807) is 17.4 Å². The summed E-state index contributed by atoms with van der Waals surface area (Å²) in [5.41, 5.74) is 0.742. The van der Waals surface area contributed by atoms with Gasteiger partial charge >= 0.3 is 12.0 Å². The number of carboxylic acids is 1. The first-order valence-electron chi connectivity index (χ1n) is 6.61. The molecule has 6 nitrogen and oxygen atoms in total. The van der Waals surface area contributed by atoms with Crippen molar-refractivity contribution in [3.63, 3.8) is 0 Å². The highest BCUT2D eigenvalue weighted by molar-refractivity contribution is 7.10. The lowest BCUT2D eigenvalue weighted by molar-refractivity contribution is -0.142. The lowest BCUT2D eigenvalue weighted by Crippen LogP contribution is -2.50. The number of hydrogen-bond donors (Lipinski definition) is 2. The summed E-state index contributed by atoms with van der Waals surface area (Å²) in [7, 11) is 0. The molecule has 0 radical (unpaired) electrons. The van der Waals surface area contributed by atoms with Crippen LogP contribution in [0.25, 0.3) is 0 Å². The van der Waals surface area contributed by atoms with Gasteiger partial charge in [-0.2, -0.15) is 0 Å². The van der Waals surface area contributed by atoms with Gasteiger partial charge in [0.2, 0.25) is 0 Å². The molecule has 2 aliphatic rings. The zero-order valence-corrected chi connectivity index (χ0v) is 11.7. The summed E-state index contributed by atoms with van der Waals surface area (Å²) in [6, 6.07) is 0.592. The van der Waals surface area contributed by atoms with Crippen LogP contribution in [0.1, 0.15) is 22.9 Å². The van der Waals surface area contributed by atoms with Gasteiger partial charge in [-0.25, -0.2) is 9.59 Å². The molecule has 108 valence electrons. The van der Waals surface area contributed by atoms with Crippen molar-refractivity contribution in [2.75, 3.05) is 19.8 Å². The van der Waals surface area contributed by atoms with E-state index in [1.165, 1.54) is 4.90 Å². The summed E-state index contributed by atoms with van der Waals surface area (Å²) in [5, 5.41) is 14.2. The molecule has 2 amide bonds. The van der Waals surface area contributed by atoms with Crippen molar-refractivity contribution in [2.24, 2.45) is 0 Å². The van der Waals surface area contributed by atoms with Crippen molar-refractivity contribution in [2.45, 2.75) is 24.9 Å². The summed E-state index contributed by atoms with van der Waals surface area (Å²) < 4.78 is 5.22. The van der Waals surface area contributed by atoms with Crippen LogP contribution in [-0.2, 0) is 16.0 Å². The molecule has 2 unspecified atom stereocenters. The lowest BCUT2D eigenvalue weighted by atomic mass is 10.0. The van der Waals surface area contributed by atoms with Crippen LogP contribution in [-0.4, -0.2) is 47.8 Å². The standard InChI is InChI=1S/C13H16N2O4S/c16-12(17)11-9-3-6-20-10(9)1-4-15(11)13(18)14-8-2-5-19-7-8/h3,6,8,11H,1-2,4-5,7H2,(H,14,18)(H,16,17).